The first-order valence-electron chi connectivity index (χ1n) is 8.00. The molecule has 1 amide bonds. The van der Waals surface area contributed by atoms with E-state index in [0.717, 1.165) is 16.5 Å². The molecule has 5 nitrogen and oxygen atoms in total. The fourth-order valence-electron chi connectivity index (χ4n) is 2.69. The van der Waals surface area contributed by atoms with Crippen molar-refractivity contribution in [1.29, 1.82) is 0 Å². The molecule has 4 aromatic rings. The summed E-state index contributed by atoms with van der Waals surface area (Å²) in [5.41, 5.74) is 3.29. The predicted molar refractivity (Wildman–Crippen MR) is 97.5 cm³/mol. The summed E-state index contributed by atoms with van der Waals surface area (Å²) in [5, 5.41) is 8.07. The molecule has 0 radical (unpaired) electrons. The van der Waals surface area contributed by atoms with Gasteiger partial charge in [-0.3, -0.25) is 14.5 Å². The lowest BCUT2D eigenvalue weighted by Gasteiger charge is -2.07. The minimum absolute atomic E-state index is 0.150. The predicted octanol–water partition coefficient (Wildman–Crippen LogP) is 3.73. The number of rotatable bonds is 4. The van der Waals surface area contributed by atoms with Crippen molar-refractivity contribution in [2.24, 2.45) is 0 Å². The van der Waals surface area contributed by atoms with Gasteiger partial charge in [0.2, 0.25) is 0 Å². The Labute approximate surface area is 144 Å². The van der Waals surface area contributed by atoms with E-state index in [0.29, 0.717) is 17.8 Å². The lowest BCUT2D eigenvalue weighted by molar-refractivity contribution is 0.102. The minimum atomic E-state index is -0.150. The van der Waals surface area contributed by atoms with E-state index in [-0.39, 0.29) is 5.91 Å². The van der Waals surface area contributed by atoms with Crippen LogP contribution in [0.4, 0.5) is 5.69 Å². The van der Waals surface area contributed by atoms with E-state index in [4.69, 9.17) is 0 Å². The number of nitrogens with one attached hydrogen (secondary N) is 1. The zero-order chi connectivity index (χ0) is 17.1. The number of fused-ring (bicyclic) bond motifs is 1. The Kier molecular flexibility index (Phi) is 3.96. The summed E-state index contributed by atoms with van der Waals surface area (Å²) < 4.78 is 1.84. The highest BCUT2D eigenvalue weighted by molar-refractivity contribution is 6.04. The van der Waals surface area contributed by atoms with Crippen LogP contribution in [0.1, 0.15) is 15.9 Å². The molecule has 122 valence electrons. The van der Waals surface area contributed by atoms with Gasteiger partial charge in [-0.25, -0.2) is 0 Å². The number of benzene rings is 2. The maximum atomic E-state index is 12.4. The summed E-state index contributed by atoms with van der Waals surface area (Å²) in [7, 11) is 0. The van der Waals surface area contributed by atoms with Gasteiger partial charge in [0.05, 0.1) is 23.9 Å². The highest BCUT2D eigenvalue weighted by Crippen LogP contribution is 2.17. The Bertz CT molecular complexity index is 1010. The second kappa shape index (κ2) is 6.57. The first-order chi connectivity index (χ1) is 12.3. The number of anilines is 1. The largest absolute Gasteiger partial charge is 0.321 e. The Hall–Kier alpha value is -3.47. The molecule has 0 bridgehead atoms. The topological polar surface area (TPSA) is 59.8 Å². The number of nitrogens with zero attached hydrogens (tertiary/aromatic N) is 3. The highest BCUT2D eigenvalue weighted by Gasteiger charge is 2.07. The standard InChI is InChI=1S/C20H16N4O/c25-20(23-18-12-17-4-1-2-5-19(17)21-13-18)16-8-6-15(7-9-16)14-24-11-3-10-22-24/h1-13H,14H2,(H,23,25). The molecular weight excluding hydrogens is 312 g/mol. The van der Waals surface area contributed by atoms with Crippen LogP contribution in [0.2, 0.25) is 0 Å². The van der Waals surface area contributed by atoms with Crippen molar-refractivity contribution in [3.63, 3.8) is 0 Å². The molecule has 2 aromatic carbocycles. The Balaban J connectivity index is 1.48. The van der Waals surface area contributed by atoms with Crippen molar-refractivity contribution in [1.82, 2.24) is 14.8 Å². The van der Waals surface area contributed by atoms with E-state index in [1.54, 1.807) is 12.4 Å². The Morgan fingerprint density at radius 3 is 2.68 bits per heavy atom. The Morgan fingerprint density at radius 1 is 1.04 bits per heavy atom. The van der Waals surface area contributed by atoms with Gasteiger partial charge in [0, 0.05) is 23.3 Å². The summed E-state index contributed by atoms with van der Waals surface area (Å²) in [4.78, 5) is 16.8. The van der Waals surface area contributed by atoms with Gasteiger partial charge in [0.1, 0.15) is 0 Å². The quantitative estimate of drug-likeness (QED) is 0.621. The van der Waals surface area contributed by atoms with Crippen LogP contribution in [0.25, 0.3) is 10.9 Å². The van der Waals surface area contributed by atoms with Gasteiger partial charge in [-0.05, 0) is 35.9 Å². The second-order valence-electron chi connectivity index (χ2n) is 5.77. The molecule has 2 aromatic heterocycles. The molecule has 4 rings (SSSR count). The fourth-order valence-corrected chi connectivity index (χ4v) is 2.69. The molecule has 0 unspecified atom stereocenters. The van der Waals surface area contributed by atoms with Crippen LogP contribution in [-0.2, 0) is 6.54 Å². The lowest BCUT2D eigenvalue weighted by atomic mass is 10.1. The number of hydrogen-bond acceptors (Lipinski definition) is 3. The number of hydrogen-bond donors (Lipinski definition) is 1. The third-order valence-electron chi connectivity index (χ3n) is 3.97. The van der Waals surface area contributed by atoms with Gasteiger partial charge in [-0.2, -0.15) is 5.10 Å². The molecule has 0 aliphatic carbocycles. The first kappa shape index (κ1) is 15.1. The molecule has 0 spiro atoms. The third-order valence-corrected chi connectivity index (χ3v) is 3.97. The van der Waals surface area contributed by atoms with Gasteiger partial charge in [-0.15, -0.1) is 0 Å². The zero-order valence-corrected chi connectivity index (χ0v) is 13.5. The van der Waals surface area contributed by atoms with E-state index in [1.807, 2.05) is 71.5 Å². The average Bonchev–Trinajstić information content (AvgIpc) is 3.15. The SMILES string of the molecule is O=C(Nc1cnc2ccccc2c1)c1ccc(Cn2cccn2)cc1. The van der Waals surface area contributed by atoms with Crippen LogP contribution in [0.5, 0.6) is 0 Å². The molecule has 0 fully saturated rings. The van der Waals surface area contributed by atoms with Crippen molar-refractivity contribution in [3.8, 4) is 0 Å². The normalized spacial score (nSPS) is 10.7. The number of carbonyl (C=O) groups is 1. The van der Waals surface area contributed by atoms with Crippen molar-refractivity contribution in [2.45, 2.75) is 6.54 Å². The molecule has 0 aliphatic heterocycles. The van der Waals surface area contributed by atoms with Crippen molar-refractivity contribution in [2.75, 3.05) is 5.32 Å². The van der Waals surface area contributed by atoms with Gasteiger partial charge in [0.15, 0.2) is 0 Å². The van der Waals surface area contributed by atoms with E-state index in [2.05, 4.69) is 15.4 Å². The summed E-state index contributed by atoms with van der Waals surface area (Å²) >= 11 is 0. The maximum Gasteiger partial charge on any atom is 0.255 e. The summed E-state index contributed by atoms with van der Waals surface area (Å²) in [6.45, 7) is 0.684. The molecule has 0 saturated heterocycles. The van der Waals surface area contributed by atoms with E-state index in [1.165, 1.54) is 0 Å². The first-order valence-corrected chi connectivity index (χ1v) is 8.00. The molecule has 1 N–H and O–H groups in total. The molecule has 0 aliphatic rings. The van der Waals surface area contributed by atoms with Crippen LogP contribution >= 0.6 is 0 Å². The molecule has 5 heteroatoms. The number of amides is 1. The molecule has 0 atom stereocenters. The molecular formula is C20H16N4O. The van der Waals surface area contributed by atoms with Gasteiger partial charge < -0.3 is 5.32 Å². The van der Waals surface area contributed by atoms with Crippen molar-refractivity contribution < 1.29 is 4.79 Å². The summed E-state index contributed by atoms with van der Waals surface area (Å²) in [5.74, 6) is -0.150. The van der Waals surface area contributed by atoms with Crippen LogP contribution in [-0.4, -0.2) is 20.7 Å². The smallest absolute Gasteiger partial charge is 0.255 e. The van der Waals surface area contributed by atoms with E-state index in [9.17, 15) is 4.79 Å². The molecule has 0 saturated carbocycles. The van der Waals surface area contributed by atoms with Gasteiger partial charge in [0.25, 0.3) is 5.91 Å². The number of aromatic nitrogens is 3. The average molecular weight is 328 g/mol. The minimum Gasteiger partial charge on any atom is -0.321 e. The molecule has 2 heterocycles. The van der Waals surface area contributed by atoms with Crippen LogP contribution in [0.15, 0.2) is 79.3 Å². The van der Waals surface area contributed by atoms with E-state index < -0.39 is 0 Å². The van der Waals surface area contributed by atoms with Gasteiger partial charge >= 0.3 is 0 Å². The highest BCUT2D eigenvalue weighted by atomic mass is 16.1. The van der Waals surface area contributed by atoms with Crippen molar-refractivity contribution in [3.05, 3.63) is 90.4 Å². The van der Waals surface area contributed by atoms with Gasteiger partial charge in [-0.1, -0.05) is 30.3 Å². The third kappa shape index (κ3) is 3.40. The van der Waals surface area contributed by atoms with E-state index >= 15 is 0 Å². The second-order valence-corrected chi connectivity index (χ2v) is 5.77. The zero-order valence-electron chi connectivity index (χ0n) is 13.5. The fraction of sp³-hybridized carbons (Fsp3) is 0.0500. The summed E-state index contributed by atoms with van der Waals surface area (Å²) in [6, 6.07) is 19.1. The number of carbonyl (C=O) groups excluding carboxylic acids is 1. The molecule has 25 heavy (non-hydrogen) atoms. The van der Waals surface area contributed by atoms with Crippen LogP contribution < -0.4 is 5.32 Å². The number of pyridine rings is 1. The lowest BCUT2D eigenvalue weighted by Crippen LogP contribution is -2.12. The number of para-hydroxylation sites is 1. The van der Waals surface area contributed by atoms with Crippen molar-refractivity contribution >= 4 is 22.5 Å². The Morgan fingerprint density at radius 2 is 1.88 bits per heavy atom. The van der Waals surface area contributed by atoms with Crippen LogP contribution in [0, 0.1) is 0 Å². The monoisotopic (exact) mass is 328 g/mol. The summed E-state index contributed by atoms with van der Waals surface area (Å²) in [6.07, 6.45) is 5.33. The van der Waals surface area contributed by atoms with Crippen LogP contribution in [0.3, 0.4) is 0 Å². The maximum absolute atomic E-state index is 12.4.